The highest BCUT2D eigenvalue weighted by atomic mass is 35.5. The molecule has 100 valence electrons. The van der Waals surface area contributed by atoms with Gasteiger partial charge in [-0.2, -0.15) is 0 Å². The normalized spacial score (nSPS) is 10.9. The van der Waals surface area contributed by atoms with Crippen LogP contribution in [-0.4, -0.2) is 11.1 Å². The summed E-state index contributed by atoms with van der Waals surface area (Å²) < 4.78 is 18.7. The summed E-state index contributed by atoms with van der Waals surface area (Å²) in [6.07, 6.45) is 0. The molecule has 0 saturated heterocycles. The minimum atomic E-state index is -1.05. The van der Waals surface area contributed by atoms with Gasteiger partial charge in [-0.3, -0.25) is 0 Å². The Balaban J connectivity index is 2.13. The van der Waals surface area contributed by atoms with Crippen LogP contribution in [0.3, 0.4) is 0 Å². The number of carboxylic acids is 1. The highest BCUT2D eigenvalue weighted by Crippen LogP contribution is 2.33. The van der Waals surface area contributed by atoms with Gasteiger partial charge in [0, 0.05) is 10.9 Å². The fourth-order valence-electron chi connectivity index (χ4n) is 1.99. The minimum Gasteiger partial charge on any atom is -0.478 e. The van der Waals surface area contributed by atoms with Gasteiger partial charge in [-0.05, 0) is 42.5 Å². The van der Waals surface area contributed by atoms with Gasteiger partial charge in [-0.25, -0.2) is 9.18 Å². The third kappa shape index (κ3) is 2.14. The van der Waals surface area contributed by atoms with Crippen molar-refractivity contribution in [3.8, 4) is 11.3 Å². The van der Waals surface area contributed by atoms with Gasteiger partial charge in [0.2, 0.25) is 0 Å². The Morgan fingerprint density at radius 2 is 1.95 bits per heavy atom. The van der Waals surface area contributed by atoms with E-state index in [1.54, 1.807) is 12.1 Å². The highest BCUT2D eigenvalue weighted by Gasteiger charge is 2.12. The zero-order valence-corrected chi connectivity index (χ0v) is 10.8. The lowest BCUT2D eigenvalue weighted by atomic mass is 10.1. The Morgan fingerprint density at radius 1 is 1.15 bits per heavy atom. The van der Waals surface area contributed by atoms with Crippen molar-refractivity contribution in [2.45, 2.75) is 0 Å². The predicted molar refractivity (Wildman–Crippen MR) is 73.6 cm³/mol. The van der Waals surface area contributed by atoms with E-state index in [9.17, 15) is 9.18 Å². The molecule has 0 unspecified atom stereocenters. The van der Waals surface area contributed by atoms with Crippen molar-refractivity contribution >= 4 is 28.5 Å². The number of fused-ring (bicyclic) bond motifs is 1. The van der Waals surface area contributed by atoms with Crippen molar-refractivity contribution in [1.82, 2.24) is 0 Å². The second-order valence-corrected chi connectivity index (χ2v) is 4.70. The summed E-state index contributed by atoms with van der Waals surface area (Å²) in [5.74, 6) is -0.935. The summed E-state index contributed by atoms with van der Waals surface area (Å²) in [6.45, 7) is 0. The lowest BCUT2D eigenvalue weighted by molar-refractivity contribution is 0.0697. The summed E-state index contributed by atoms with van der Waals surface area (Å²) in [7, 11) is 0. The van der Waals surface area contributed by atoms with E-state index in [1.807, 2.05) is 0 Å². The van der Waals surface area contributed by atoms with Crippen LogP contribution in [0.15, 0.2) is 46.9 Å². The predicted octanol–water partition coefficient (Wildman–Crippen LogP) is 4.59. The van der Waals surface area contributed by atoms with Gasteiger partial charge in [0.15, 0.2) is 0 Å². The first-order valence-electron chi connectivity index (χ1n) is 5.77. The number of halogens is 2. The van der Waals surface area contributed by atoms with Crippen molar-refractivity contribution in [1.29, 1.82) is 0 Å². The molecule has 0 spiro atoms. The molecule has 0 atom stereocenters. The van der Waals surface area contributed by atoms with Crippen LogP contribution in [0.25, 0.3) is 22.3 Å². The van der Waals surface area contributed by atoms with Crippen molar-refractivity contribution < 1.29 is 18.7 Å². The number of hydrogen-bond donors (Lipinski definition) is 1. The molecule has 3 rings (SSSR count). The summed E-state index contributed by atoms with van der Waals surface area (Å²) in [5.41, 5.74) is 1.20. The largest absolute Gasteiger partial charge is 0.478 e. The Morgan fingerprint density at radius 3 is 2.65 bits per heavy atom. The SMILES string of the molecule is O=C(O)c1ccc(-c2cc3cc(F)ccc3o2)c(Cl)c1. The maximum absolute atomic E-state index is 13.1. The van der Waals surface area contributed by atoms with Crippen LogP contribution >= 0.6 is 11.6 Å². The molecule has 1 aromatic heterocycles. The van der Waals surface area contributed by atoms with Gasteiger partial charge in [0.1, 0.15) is 17.2 Å². The minimum absolute atomic E-state index is 0.0981. The maximum atomic E-state index is 13.1. The van der Waals surface area contributed by atoms with Crippen LogP contribution in [0.2, 0.25) is 5.02 Å². The molecule has 1 heterocycles. The number of aromatic carboxylic acids is 1. The summed E-state index contributed by atoms with van der Waals surface area (Å²) >= 11 is 6.07. The van der Waals surface area contributed by atoms with Crippen LogP contribution in [0.5, 0.6) is 0 Å². The Labute approximate surface area is 118 Å². The first-order chi connectivity index (χ1) is 9.54. The standard InChI is InChI=1S/C15H8ClFO3/c16-12-6-8(15(18)19)1-3-11(12)14-7-9-5-10(17)2-4-13(9)20-14/h1-7H,(H,18,19). The van der Waals surface area contributed by atoms with E-state index in [0.29, 0.717) is 22.3 Å². The third-order valence-electron chi connectivity index (χ3n) is 2.96. The average molecular weight is 291 g/mol. The molecule has 0 fully saturated rings. The van der Waals surface area contributed by atoms with Gasteiger partial charge in [0.25, 0.3) is 0 Å². The quantitative estimate of drug-likeness (QED) is 0.751. The smallest absolute Gasteiger partial charge is 0.335 e. The molecule has 0 aliphatic carbocycles. The Bertz CT molecular complexity index is 823. The fraction of sp³-hybridized carbons (Fsp3) is 0. The molecule has 2 aromatic carbocycles. The molecule has 5 heteroatoms. The maximum Gasteiger partial charge on any atom is 0.335 e. The van der Waals surface area contributed by atoms with Gasteiger partial charge in [0.05, 0.1) is 10.6 Å². The van der Waals surface area contributed by atoms with Crippen molar-refractivity contribution in [2.75, 3.05) is 0 Å². The molecule has 3 nitrogen and oxygen atoms in total. The van der Waals surface area contributed by atoms with E-state index in [0.717, 1.165) is 0 Å². The molecule has 0 aliphatic heterocycles. The molecule has 1 N–H and O–H groups in total. The number of carbonyl (C=O) groups is 1. The number of rotatable bonds is 2. The summed E-state index contributed by atoms with van der Waals surface area (Å²) in [6, 6.07) is 10.2. The van der Waals surface area contributed by atoms with Gasteiger partial charge < -0.3 is 9.52 Å². The second kappa shape index (κ2) is 4.65. The van der Waals surface area contributed by atoms with Crippen LogP contribution in [0.4, 0.5) is 4.39 Å². The van der Waals surface area contributed by atoms with Crippen molar-refractivity contribution in [3.63, 3.8) is 0 Å². The number of carboxylic acid groups (broad SMARTS) is 1. The molecule has 0 bridgehead atoms. The van der Waals surface area contributed by atoms with Gasteiger partial charge in [-0.1, -0.05) is 11.6 Å². The average Bonchev–Trinajstić information content (AvgIpc) is 2.80. The van der Waals surface area contributed by atoms with E-state index in [-0.39, 0.29) is 16.4 Å². The van der Waals surface area contributed by atoms with E-state index < -0.39 is 5.97 Å². The lowest BCUT2D eigenvalue weighted by Crippen LogP contribution is -1.95. The third-order valence-corrected chi connectivity index (χ3v) is 3.27. The molecule has 0 amide bonds. The molecule has 0 radical (unpaired) electrons. The molecular weight excluding hydrogens is 283 g/mol. The van der Waals surface area contributed by atoms with Crippen molar-refractivity contribution in [2.24, 2.45) is 0 Å². The zero-order chi connectivity index (χ0) is 14.3. The first kappa shape index (κ1) is 12.7. The van der Waals surface area contributed by atoms with E-state index in [1.165, 1.54) is 30.3 Å². The number of benzene rings is 2. The molecule has 0 saturated carbocycles. The monoisotopic (exact) mass is 290 g/mol. The zero-order valence-electron chi connectivity index (χ0n) is 10.1. The van der Waals surface area contributed by atoms with E-state index in [4.69, 9.17) is 21.1 Å². The molecular formula is C15H8ClFO3. The van der Waals surface area contributed by atoms with Crippen LogP contribution in [0.1, 0.15) is 10.4 Å². The summed E-state index contributed by atoms with van der Waals surface area (Å²) in [4.78, 5) is 10.9. The van der Waals surface area contributed by atoms with Gasteiger partial charge >= 0.3 is 5.97 Å². The summed E-state index contributed by atoms with van der Waals surface area (Å²) in [5, 5.41) is 9.78. The van der Waals surface area contributed by atoms with Crippen molar-refractivity contribution in [3.05, 3.63) is 58.9 Å². The number of hydrogen-bond acceptors (Lipinski definition) is 2. The Kier molecular flexibility index (Phi) is 2.95. The topological polar surface area (TPSA) is 50.4 Å². The molecule has 0 aliphatic rings. The number of furan rings is 1. The molecule has 3 aromatic rings. The fourth-order valence-corrected chi connectivity index (χ4v) is 2.27. The van der Waals surface area contributed by atoms with Crippen LogP contribution in [0, 0.1) is 5.82 Å². The van der Waals surface area contributed by atoms with Crippen LogP contribution in [-0.2, 0) is 0 Å². The second-order valence-electron chi connectivity index (χ2n) is 4.29. The van der Waals surface area contributed by atoms with Crippen LogP contribution < -0.4 is 0 Å². The highest BCUT2D eigenvalue weighted by molar-refractivity contribution is 6.33. The van der Waals surface area contributed by atoms with Gasteiger partial charge in [-0.15, -0.1) is 0 Å². The van der Waals surface area contributed by atoms with E-state index >= 15 is 0 Å². The lowest BCUT2D eigenvalue weighted by Gasteiger charge is -2.01. The van der Waals surface area contributed by atoms with E-state index in [2.05, 4.69) is 0 Å². The molecule has 20 heavy (non-hydrogen) atoms. The first-order valence-corrected chi connectivity index (χ1v) is 6.15. The Hall–Kier alpha value is -2.33.